The van der Waals surface area contributed by atoms with E-state index in [1.807, 2.05) is 18.2 Å². The van der Waals surface area contributed by atoms with Crippen LogP contribution in [-0.2, 0) is 10.4 Å². The van der Waals surface area contributed by atoms with Gasteiger partial charge in [-0.2, -0.15) is 0 Å². The molecule has 0 spiro atoms. The van der Waals surface area contributed by atoms with Gasteiger partial charge >= 0.3 is 0 Å². The molecular weight excluding hydrogens is 420 g/mol. The summed E-state index contributed by atoms with van der Waals surface area (Å²) >= 11 is 0. The molecule has 0 aliphatic rings. The highest BCUT2D eigenvalue weighted by molar-refractivity contribution is 5.88. The van der Waals surface area contributed by atoms with Crippen LogP contribution in [0.25, 0.3) is 0 Å². The molecule has 4 N–H and O–H groups in total. The number of nitrogens with two attached hydrogens (primary N) is 1. The van der Waals surface area contributed by atoms with Gasteiger partial charge in [-0.15, -0.1) is 0 Å². The third-order valence-corrected chi connectivity index (χ3v) is 6.71. The van der Waals surface area contributed by atoms with E-state index in [-0.39, 0.29) is 0 Å². The Kier molecular flexibility index (Phi) is 13.4. The maximum atomic E-state index is 12.1. The fourth-order valence-corrected chi connectivity index (χ4v) is 4.51. The Morgan fingerprint density at radius 2 is 1.15 bits per heavy atom. The highest BCUT2D eigenvalue weighted by Gasteiger charge is 2.37. The molecule has 0 bridgehead atoms. The monoisotopic (exact) mass is 466 g/mol. The van der Waals surface area contributed by atoms with Crippen molar-refractivity contribution in [1.29, 1.82) is 0 Å². The van der Waals surface area contributed by atoms with E-state index < -0.39 is 11.5 Å². The summed E-state index contributed by atoms with van der Waals surface area (Å²) < 4.78 is 0. The minimum Gasteiger partial charge on any atom is -0.385 e. The zero-order chi connectivity index (χ0) is 24.5. The molecule has 2 aromatic carbocycles. The van der Waals surface area contributed by atoms with Crippen molar-refractivity contribution in [2.45, 2.75) is 102 Å². The van der Waals surface area contributed by atoms with Gasteiger partial charge in [0.15, 0.2) is 5.60 Å². The van der Waals surface area contributed by atoms with Gasteiger partial charge in [0.05, 0.1) is 0 Å². The Bertz CT molecular complexity index is 791. The lowest BCUT2D eigenvalue weighted by Crippen LogP contribution is -2.42. The van der Waals surface area contributed by atoms with Crippen molar-refractivity contribution >= 4 is 11.6 Å². The van der Waals surface area contributed by atoms with E-state index in [0.29, 0.717) is 11.1 Å². The van der Waals surface area contributed by atoms with E-state index in [1.165, 1.54) is 83.5 Å². The molecule has 4 heteroatoms. The Morgan fingerprint density at radius 1 is 0.706 bits per heavy atom. The number of hydrogen-bond donors (Lipinski definition) is 3. The first kappa shape index (κ1) is 27.9. The zero-order valence-corrected chi connectivity index (χ0v) is 21.2. The number of benzene rings is 2. The van der Waals surface area contributed by atoms with Gasteiger partial charge in [-0.05, 0) is 29.7 Å². The molecule has 0 saturated carbocycles. The predicted octanol–water partition coefficient (Wildman–Crippen LogP) is 7.30. The number of aliphatic hydroxyl groups is 1. The van der Waals surface area contributed by atoms with Crippen LogP contribution in [0, 0.1) is 0 Å². The number of carbonyl (C=O) groups is 1. The van der Waals surface area contributed by atoms with E-state index in [1.54, 1.807) is 36.4 Å². The summed E-state index contributed by atoms with van der Waals surface area (Å²) in [6, 6.07) is 16.2. The van der Waals surface area contributed by atoms with Gasteiger partial charge in [0.25, 0.3) is 5.91 Å². The highest BCUT2D eigenvalue weighted by Crippen LogP contribution is 2.30. The first-order valence-electron chi connectivity index (χ1n) is 13.5. The second kappa shape index (κ2) is 16.3. The number of amides is 1. The second-order valence-electron chi connectivity index (χ2n) is 9.54. The van der Waals surface area contributed by atoms with E-state index in [4.69, 9.17) is 5.73 Å². The number of anilines is 1. The van der Waals surface area contributed by atoms with Gasteiger partial charge < -0.3 is 16.2 Å². The molecule has 2 rings (SSSR count). The average Bonchev–Trinajstić information content (AvgIpc) is 2.86. The highest BCUT2D eigenvalue weighted by atomic mass is 16.3. The summed E-state index contributed by atoms with van der Waals surface area (Å²) in [5.74, 6) is -0.776. The maximum Gasteiger partial charge on any atom is 0.258 e. The van der Waals surface area contributed by atoms with Gasteiger partial charge in [0, 0.05) is 12.2 Å². The Hall–Kier alpha value is -2.33. The van der Waals surface area contributed by atoms with Gasteiger partial charge in [-0.25, -0.2) is 0 Å². The molecule has 0 aliphatic carbocycles. The van der Waals surface area contributed by atoms with Crippen molar-refractivity contribution in [3.05, 3.63) is 65.7 Å². The molecule has 0 heterocycles. The number of unbranched alkanes of at least 4 members (excludes halogenated alkanes) is 13. The maximum absolute atomic E-state index is 12.1. The lowest BCUT2D eigenvalue weighted by atomic mass is 9.85. The Balaban J connectivity index is 1.57. The van der Waals surface area contributed by atoms with E-state index in [9.17, 15) is 9.90 Å². The van der Waals surface area contributed by atoms with E-state index in [2.05, 4.69) is 12.2 Å². The Labute approximate surface area is 207 Å². The molecule has 188 valence electrons. The van der Waals surface area contributed by atoms with Crippen LogP contribution in [0.15, 0.2) is 54.6 Å². The number of primary amides is 1. The van der Waals surface area contributed by atoms with Crippen LogP contribution in [0.3, 0.4) is 0 Å². The van der Waals surface area contributed by atoms with E-state index >= 15 is 0 Å². The topological polar surface area (TPSA) is 75.3 Å². The van der Waals surface area contributed by atoms with Gasteiger partial charge in [0.1, 0.15) is 0 Å². The minimum absolute atomic E-state index is 0.477. The first-order chi connectivity index (χ1) is 16.6. The predicted molar refractivity (Wildman–Crippen MR) is 144 cm³/mol. The lowest BCUT2D eigenvalue weighted by molar-refractivity contribution is -0.133. The summed E-state index contributed by atoms with van der Waals surface area (Å²) in [5, 5.41) is 14.5. The van der Waals surface area contributed by atoms with Gasteiger partial charge in [0.2, 0.25) is 0 Å². The normalized spacial score (nSPS) is 12.9. The van der Waals surface area contributed by atoms with Crippen molar-refractivity contribution < 1.29 is 9.90 Å². The number of carbonyl (C=O) groups excluding carboxylic acids is 1. The molecule has 34 heavy (non-hydrogen) atoms. The molecule has 0 aliphatic heterocycles. The van der Waals surface area contributed by atoms with Crippen molar-refractivity contribution in [2.75, 3.05) is 11.9 Å². The molecule has 0 aromatic heterocycles. The molecular formula is C30H46N2O2. The molecule has 0 saturated heterocycles. The average molecular weight is 467 g/mol. The SMILES string of the molecule is CCCCCCCCCCCCCCCCNc1ccc(C(O)(C(N)=O)c2ccccc2)cc1. The molecule has 1 unspecified atom stereocenters. The summed E-state index contributed by atoms with van der Waals surface area (Å²) in [7, 11) is 0. The summed E-state index contributed by atoms with van der Waals surface area (Å²) in [6.07, 6.45) is 19.0. The molecule has 0 radical (unpaired) electrons. The van der Waals surface area contributed by atoms with Crippen LogP contribution in [0.4, 0.5) is 5.69 Å². The second-order valence-corrected chi connectivity index (χ2v) is 9.54. The quantitative estimate of drug-likeness (QED) is 0.190. The number of nitrogens with one attached hydrogen (secondary N) is 1. The zero-order valence-electron chi connectivity index (χ0n) is 21.2. The number of rotatable bonds is 19. The Morgan fingerprint density at radius 3 is 1.62 bits per heavy atom. The summed E-state index contributed by atoms with van der Waals surface area (Å²) in [4.78, 5) is 12.1. The van der Waals surface area contributed by atoms with Crippen LogP contribution in [0.5, 0.6) is 0 Å². The van der Waals surface area contributed by atoms with Crippen molar-refractivity contribution in [3.8, 4) is 0 Å². The molecule has 1 atom stereocenters. The molecule has 1 amide bonds. The fourth-order valence-electron chi connectivity index (χ4n) is 4.51. The fraction of sp³-hybridized carbons (Fsp3) is 0.567. The number of hydrogen-bond acceptors (Lipinski definition) is 3. The third kappa shape index (κ3) is 9.50. The molecule has 2 aromatic rings. The lowest BCUT2D eigenvalue weighted by Gasteiger charge is -2.26. The third-order valence-electron chi connectivity index (χ3n) is 6.71. The van der Waals surface area contributed by atoms with Gasteiger partial charge in [-0.1, -0.05) is 133 Å². The van der Waals surface area contributed by atoms with Crippen LogP contribution in [0.1, 0.15) is 108 Å². The molecule has 4 nitrogen and oxygen atoms in total. The van der Waals surface area contributed by atoms with Crippen LogP contribution >= 0.6 is 0 Å². The smallest absolute Gasteiger partial charge is 0.258 e. The summed E-state index contributed by atoms with van der Waals surface area (Å²) in [5.41, 5.74) is 5.68. The molecule has 0 fully saturated rings. The van der Waals surface area contributed by atoms with Gasteiger partial charge in [-0.3, -0.25) is 4.79 Å². The van der Waals surface area contributed by atoms with Crippen molar-refractivity contribution in [1.82, 2.24) is 0 Å². The van der Waals surface area contributed by atoms with Crippen molar-refractivity contribution in [2.24, 2.45) is 5.73 Å². The van der Waals surface area contributed by atoms with Crippen LogP contribution in [-0.4, -0.2) is 17.6 Å². The standard InChI is InChI=1S/C30H46N2O2/c1-2-3-4-5-6-7-8-9-10-11-12-13-14-18-25-32-28-23-21-27(22-24-28)30(34,29(31)33)26-19-16-15-17-20-26/h15-17,19-24,32,34H,2-14,18,25H2,1H3,(H2,31,33). The summed E-state index contributed by atoms with van der Waals surface area (Å²) in [6.45, 7) is 3.20. The minimum atomic E-state index is -1.82. The van der Waals surface area contributed by atoms with Crippen molar-refractivity contribution in [3.63, 3.8) is 0 Å². The largest absolute Gasteiger partial charge is 0.385 e. The van der Waals surface area contributed by atoms with Crippen LogP contribution < -0.4 is 11.1 Å². The first-order valence-corrected chi connectivity index (χ1v) is 13.5. The van der Waals surface area contributed by atoms with E-state index in [0.717, 1.165) is 18.7 Å². The van der Waals surface area contributed by atoms with Crippen LogP contribution in [0.2, 0.25) is 0 Å².